The summed E-state index contributed by atoms with van der Waals surface area (Å²) in [7, 11) is 3.81. The number of hydrogen-bond acceptors (Lipinski definition) is 3. The molecule has 1 N–H and O–H groups in total. The molecule has 0 radical (unpaired) electrons. The molecule has 2 aromatic carbocycles. The van der Waals surface area contributed by atoms with E-state index in [-0.39, 0.29) is 11.3 Å². The van der Waals surface area contributed by atoms with Gasteiger partial charge in [-0.15, -0.1) is 0 Å². The summed E-state index contributed by atoms with van der Waals surface area (Å²) in [4.78, 5) is 16.0. The number of aryl methyl sites for hydroxylation is 1. The molecule has 1 heterocycles. The van der Waals surface area contributed by atoms with Crippen LogP contribution in [0.15, 0.2) is 42.5 Å². The Morgan fingerprint density at radius 1 is 1.10 bits per heavy atom. The Labute approximate surface area is 248 Å². The first-order valence-electron chi connectivity index (χ1n) is 15.7. The van der Waals surface area contributed by atoms with E-state index in [9.17, 15) is 4.79 Å². The second-order valence-electron chi connectivity index (χ2n) is 12.5. The van der Waals surface area contributed by atoms with Crippen molar-refractivity contribution < 1.29 is 9.53 Å². The summed E-state index contributed by atoms with van der Waals surface area (Å²) in [5.74, 6) is 1.69. The zero-order valence-corrected chi connectivity index (χ0v) is 26.1. The molecule has 0 bridgehead atoms. The lowest BCUT2D eigenvalue weighted by atomic mass is 9.64. The Morgan fingerprint density at radius 2 is 1.88 bits per heavy atom. The highest BCUT2D eigenvalue weighted by molar-refractivity contribution is 6.33. The lowest BCUT2D eigenvalue weighted by Crippen LogP contribution is -2.49. The molecule has 1 saturated heterocycles. The summed E-state index contributed by atoms with van der Waals surface area (Å²) >= 11 is 7.01. The number of piperidine rings is 1. The van der Waals surface area contributed by atoms with Crippen LogP contribution in [-0.4, -0.2) is 51.2 Å². The maximum Gasteiger partial charge on any atom is 0.225 e. The molecule has 2 fully saturated rings. The predicted molar refractivity (Wildman–Crippen MR) is 168 cm³/mol. The molecule has 4 nitrogen and oxygen atoms in total. The summed E-state index contributed by atoms with van der Waals surface area (Å²) in [6.45, 7) is 8.23. The zero-order valence-electron chi connectivity index (χ0n) is 25.3. The third-order valence-corrected chi connectivity index (χ3v) is 10.2. The van der Waals surface area contributed by atoms with Crippen LogP contribution in [0.25, 0.3) is 11.1 Å². The van der Waals surface area contributed by atoms with E-state index >= 15 is 0 Å². The number of ether oxygens (including phenoxy) is 1. The fraction of sp³-hybridized carbons (Fsp3) is 0.629. The van der Waals surface area contributed by atoms with Gasteiger partial charge in [0.15, 0.2) is 0 Å². The van der Waals surface area contributed by atoms with E-state index in [0.717, 1.165) is 95.5 Å². The normalized spacial score (nSPS) is 23.1. The molecule has 2 atom stereocenters. The number of nitrogens with one attached hydrogen (secondary N) is 1. The van der Waals surface area contributed by atoms with Crippen molar-refractivity contribution in [2.45, 2.75) is 83.5 Å². The third kappa shape index (κ3) is 7.30. The van der Waals surface area contributed by atoms with Gasteiger partial charge in [-0.1, -0.05) is 68.3 Å². The monoisotopic (exact) mass is 566 g/mol. The molecule has 40 heavy (non-hydrogen) atoms. The number of methoxy groups -OCH3 is 1. The van der Waals surface area contributed by atoms with Gasteiger partial charge in [0.1, 0.15) is 0 Å². The van der Waals surface area contributed by atoms with Crippen LogP contribution in [-0.2, 0) is 21.4 Å². The molecule has 220 valence electrons. The van der Waals surface area contributed by atoms with Crippen LogP contribution in [0.3, 0.4) is 0 Å². The summed E-state index contributed by atoms with van der Waals surface area (Å²) < 4.78 is 5.41. The van der Waals surface area contributed by atoms with Gasteiger partial charge in [0, 0.05) is 43.3 Å². The number of amides is 1. The van der Waals surface area contributed by atoms with E-state index in [1.165, 1.54) is 22.3 Å². The van der Waals surface area contributed by atoms with Crippen LogP contribution >= 0.6 is 11.6 Å². The molecular formula is C35H51ClN2O2. The van der Waals surface area contributed by atoms with Gasteiger partial charge >= 0.3 is 0 Å². The first-order chi connectivity index (χ1) is 19.4. The molecule has 1 aliphatic heterocycles. The summed E-state index contributed by atoms with van der Waals surface area (Å²) in [5.41, 5.74) is 4.92. The molecule has 2 aromatic rings. The topological polar surface area (TPSA) is 41.6 Å². The van der Waals surface area contributed by atoms with E-state index in [1.807, 2.05) is 13.1 Å². The van der Waals surface area contributed by atoms with E-state index < -0.39 is 0 Å². The smallest absolute Gasteiger partial charge is 0.225 e. The SMILES string of the molecule is CCc1cccc(-c2c(Cl)cccc2[C@](C)(CCCCOC)[C@@H]2CCCN(C(=O)C3CCC(CNC)CC3)C2)c1. The highest BCUT2D eigenvalue weighted by Crippen LogP contribution is 2.47. The van der Waals surface area contributed by atoms with Crippen molar-refractivity contribution in [3.8, 4) is 11.1 Å². The number of benzene rings is 2. The molecule has 1 amide bonds. The predicted octanol–water partition coefficient (Wildman–Crippen LogP) is 7.91. The minimum Gasteiger partial charge on any atom is -0.385 e. The largest absolute Gasteiger partial charge is 0.385 e. The van der Waals surface area contributed by atoms with Crippen molar-refractivity contribution >= 4 is 17.5 Å². The molecule has 2 aliphatic rings. The van der Waals surface area contributed by atoms with Gasteiger partial charge in [-0.25, -0.2) is 0 Å². The van der Waals surface area contributed by atoms with Crippen LogP contribution in [0.2, 0.25) is 5.02 Å². The lowest BCUT2D eigenvalue weighted by molar-refractivity contribution is -0.139. The molecule has 1 saturated carbocycles. The number of rotatable bonds is 12. The zero-order chi connectivity index (χ0) is 28.5. The van der Waals surface area contributed by atoms with Gasteiger partial charge in [0.05, 0.1) is 0 Å². The standard InChI is InChI=1S/C35H51ClN2O2/c1-5-26-11-8-12-29(23-26)33-31(14-9-15-32(33)36)35(2,20-6-7-22-40-4)30-13-10-21-38(25-30)34(39)28-18-16-27(17-19-28)24-37-3/h8-9,11-12,14-15,23,27-28,30,37H,5-7,10,13,16-22,24-25H2,1-4H3/t27?,28?,30-,35-/m1/s1. The fourth-order valence-corrected chi connectivity index (χ4v) is 7.68. The Hall–Kier alpha value is -1.88. The number of unbranched alkanes of at least 4 members (excludes halogenated alkanes) is 1. The van der Waals surface area contributed by atoms with Gasteiger partial charge in [0.25, 0.3) is 0 Å². The van der Waals surface area contributed by atoms with Crippen molar-refractivity contribution in [3.63, 3.8) is 0 Å². The third-order valence-electron chi connectivity index (χ3n) is 9.87. The molecule has 1 aliphatic carbocycles. The van der Waals surface area contributed by atoms with E-state index in [2.05, 4.69) is 60.5 Å². The molecule has 0 spiro atoms. The minimum absolute atomic E-state index is 0.0976. The van der Waals surface area contributed by atoms with Crippen LogP contribution in [0.5, 0.6) is 0 Å². The van der Waals surface area contributed by atoms with Crippen LogP contribution in [0.4, 0.5) is 0 Å². The maximum atomic E-state index is 13.8. The summed E-state index contributed by atoms with van der Waals surface area (Å²) in [6.07, 6.45) is 10.8. The Bertz CT molecular complexity index is 1100. The first kappa shape index (κ1) is 31.1. The van der Waals surface area contributed by atoms with Gasteiger partial charge in [-0.05, 0) is 111 Å². The Balaban J connectivity index is 1.63. The van der Waals surface area contributed by atoms with Gasteiger partial charge in [-0.3, -0.25) is 4.79 Å². The van der Waals surface area contributed by atoms with Crippen molar-refractivity contribution in [3.05, 3.63) is 58.6 Å². The fourth-order valence-electron chi connectivity index (χ4n) is 7.40. The number of carbonyl (C=O) groups excluding carboxylic acids is 1. The van der Waals surface area contributed by atoms with Gasteiger partial charge in [0.2, 0.25) is 5.91 Å². The number of likely N-dealkylation sites (tertiary alicyclic amines) is 1. The number of carbonyl (C=O) groups is 1. The first-order valence-corrected chi connectivity index (χ1v) is 16.1. The van der Waals surface area contributed by atoms with Crippen molar-refractivity contribution in [1.29, 1.82) is 0 Å². The van der Waals surface area contributed by atoms with Crippen LogP contribution < -0.4 is 5.32 Å². The van der Waals surface area contributed by atoms with E-state index in [0.29, 0.717) is 17.7 Å². The second kappa shape index (κ2) is 14.8. The van der Waals surface area contributed by atoms with E-state index in [4.69, 9.17) is 16.3 Å². The molecule has 0 unspecified atom stereocenters. The van der Waals surface area contributed by atoms with Crippen molar-refractivity contribution in [2.75, 3.05) is 40.4 Å². The minimum atomic E-state index is -0.0976. The van der Waals surface area contributed by atoms with Crippen molar-refractivity contribution in [1.82, 2.24) is 10.2 Å². The maximum absolute atomic E-state index is 13.8. The number of halogens is 1. The van der Waals surface area contributed by atoms with Crippen LogP contribution in [0.1, 0.15) is 82.8 Å². The Morgan fingerprint density at radius 3 is 2.60 bits per heavy atom. The molecular weight excluding hydrogens is 516 g/mol. The molecule has 0 aromatic heterocycles. The van der Waals surface area contributed by atoms with Crippen molar-refractivity contribution in [2.24, 2.45) is 17.8 Å². The molecule has 5 heteroatoms. The quantitative estimate of drug-likeness (QED) is 0.265. The number of hydrogen-bond donors (Lipinski definition) is 1. The highest BCUT2D eigenvalue weighted by Gasteiger charge is 2.41. The summed E-state index contributed by atoms with van der Waals surface area (Å²) in [5, 5.41) is 4.14. The summed E-state index contributed by atoms with van der Waals surface area (Å²) in [6, 6.07) is 15.3. The average Bonchev–Trinajstić information content (AvgIpc) is 2.99. The van der Waals surface area contributed by atoms with E-state index in [1.54, 1.807) is 7.11 Å². The Kier molecular flexibility index (Phi) is 11.5. The van der Waals surface area contributed by atoms with Crippen LogP contribution in [0, 0.1) is 17.8 Å². The van der Waals surface area contributed by atoms with Gasteiger partial charge < -0.3 is 15.0 Å². The lowest BCUT2D eigenvalue weighted by Gasteiger charge is -2.46. The van der Waals surface area contributed by atoms with Gasteiger partial charge in [-0.2, -0.15) is 0 Å². The average molecular weight is 567 g/mol. The second-order valence-corrected chi connectivity index (χ2v) is 12.9. The number of nitrogens with zero attached hydrogens (tertiary/aromatic N) is 1. The molecule has 4 rings (SSSR count). The highest BCUT2D eigenvalue weighted by atomic mass is 35.5.